The second-order valence-electron chi connectivity index (χ2n) is 10.3. The Bertz CT molecular complexity index is 1280. The highest BCUT2D eigenvalue weighted by Crippen LogP contribution is 2.38. The van der Waals surface area contributed by atoms with Crippen LogP contribution in [0.5, 0.6) is 5.75 Å². The monoisotopic (exact) mass is 565 g/mol. The van der Waals surface area contributed by atoms with Crippen molar-refractivity contribution in [2.75, 3.05) is 41.4 Å². The van der Waals surface area contributed by atoms with E-state index >= 15 is 0 Å². The Balaban J connectivity index is 1.33. The van der Waals surface area contributed by atoms with E-state index in [1.165, 1.54) is 17.3 Å². The van der Waals surface area contributed by atoms with E-state index in [0.29, 0.717) is 37.6 Å². The molecule has 3 aliphatic rings. The fraction of sp³-hybridized carbons (Fsp3) is 0.560. The lowest BCUT2D eigenvalue weighted by molar-refractivity contribution is -0.149. The van der Waals surface area contributed by atoms with Gasteiger partial charge in [0.25, 0.3) is 5.91 Å². The zero-order valence-corrected chi connectivity index (χ0v) is 22.2. The number of nitrogens with zero attached hydrogens (tertiary/aromatic N) is 5. The number of hydrogen-bond acceptors (Lipinski definition) is 9. The number of fused-ring (bicyclic) bond motifs is 4. The number of halogens is 3. The lowest BCUT2D eigenvalue weighted by atomic mass is 10.0. The first-order chi connectivity index (χ1) is 18.9. The molecule has 2 bridgehead atoms. The predicted molar refractivity (Wildman–Crippen MR) is 136 cm³/mol. The van der Waals surface area contributed by atoms with Crippen molar-refractivity contribution in [1.29, 1.82) is 0 Å². The number of pyridine rings is 1. The molecule has 5 rings (SSSR count). The second kappa shape index (κ2) is 10.7. The van der Waals surface area contributed by atoms with Crippen molar-refractivity contribution in [3.05, 3.63) is 30.4 Å². The first-order valence-electron chi connectivity index (χ1n) is 12.9. The molecule has 2 aromatic rings. The fourth-order valence-electron chi connectivity index (χ4n) is 4.81. The number of urea groups is 1. The van der Waals surface area contributed by atoms with Gasteiger partial charge in [-0.05, 0) is 39.7 Å². The highest BCUT2D eigenvalue weighted by Gasteiger charge is 2.41. The van der Waals surface area contributed by atoms with Crippen molar-refractivity contribution >= 4 is 29.3 Å². The zero-order valence-electron chi connectivity index (χ0n) is 22.2. The fourth-order valence-corrected chi connectivity index (χ4v) is 4.81. The number of nitrogens with one attached hydrogen (secondary N) is 2. The third-order valence-electron chi connectivity index (χ3n) is 6.81. The molecule has 0 aromatic carbocycles. The number of anilines is 3. The molecule has 40 heavy (non-hydrogen) atoms. The summed E-state index contributed by atoms with van der Waals surface area (Å²) in [6, 6.07) is 0.283. The van der Waals surface area contributed by atoms with Crippen molar-refractivity contribution in [2.45, 2.75) is 63.8 Å². The van der Waals surface area contributed by atoms with E-state index in [4.69, 9.17) is 14.2 Å². The number of alkyl halides is 3. The summed E-state index contributed by atoms with van der Waals surface area (Å²) in [5.41, 5.74) is 0.512. The van der Waals surface area contributed by atoms with E-state index in [-0.39, 0.29) is 30.4 Å². The molecule has 5 heterocycles. The largest absolute Gasteiger partial charge is 0.491 e. The molecule has 3 aliphatic heterocycles. The van der Waals surface area contributed by atoms with E-state index in [1.54, 1.807) is 12.1 Å². The average molecular weight is 566 g/mol. The van der Waals surface area contributed by atoms with Crippen LogP contribution in [0.2, 0.25) is 0 Å². The quantitative estimate of drug-likeness (QED) is 0.543. The molecule has 2 saturated heterocycles. The lowest BCUT2D eigenvalue weighted by Crippen LogP contribution is -2.56. The molecule has 0 radical (unpaired) electrons. The van der Waals surface area contributed by atoms with Gasteiger partial charge >= 0.3 is 12.2 Å². The van der Waals surface area contributed by atoms with Crippen molar-refractivity contribution in [1.82, 2.24) is 20.3 Å². The van der Waals surface area contributed by atoms with Gasteiger partial charge in [0, 0.05) is 25.4 Å². The number of carbonyl (C=O) groups excluding carboxylic acids is 2. The molecule has 216 valence electrons. The van der Waals surface area contributed by atoms with Gasteiger partial charge in [0.1, 0.15) is 30.3 Å². The molecule has 2 fully saturated rings. The van der Waals surface area contributed by atoms with E-state index in [2.05, 4.69) is 20.3 Å². The number of carbonyl (C=O) groups is 2. The van der Waals surface area contributed by atoms with Gasteiger partial charge in [-0.2, -0.15) is 13.2 Å². The molecule has 1 unspecified atom stereocenters. The van der Waals surface area contributed by atoms with Crippen LogP contribution in [-0.2, 0) is 9.47 Å². The van der Waals surface area contributed by atoms with Crippen LogP contribution in [-0.4, -0.2) is 83.3 Å². The highest BCUT2D eigenvalue weighted by atomic mass is 19.4. The van der Waals surface area contributed by atoms with E-state index < -0.39 is 35.8 Å². The molecule has 0 spiro atoms. The molecular weight excluding hydrogens is 535 g/mol. The number of hydrogen-bond donors (Lipinski definition) is 2. The van der Waals surface area contributed by atoms with Gasteiger partial charge in [0.2, 0.25) is 5.82 Å². The minimum atomic E-state index is -4.63. The standard InChI is InChI=1S/C25H30F3N7O5/c1-14(25(26,27)28)31-22(36)20-30-10-18-21(33-20)35(15-5-4-8-34(18)11-15)23(37)32-19-9-16(6-7-29-19)38-12-17-13-39-24(2,3)40-17/h6-7,9-10,14-15,17H,4-5,8,11-13H2,1-3H3,(H,31,36)(H,29,32,37)/t14-,15?,17+/m1/s1. The summed E-state index contributed by atoms with van der Waals surface area (Å²) in [6.07, 6.45) is -0.537. The van der Waals surface area contributed by atoms with Gasteiger partial charge in [-0.15, -0.1) is 0 Å². The van der Waals surface area contributed by atoms with Gasteiger partial charge in [0.15, 0.2) is 11.6 Å². The van der Waals surface area contributed by atoms with Gasteiger partial charge < -0.3 is 24.4 Å². The molecule has 0 aliphatic carbocycles. The number of ether oxygens (including phenoxy) is 3. The van der Waals surface area contributed by atoms with E-state index in [9.17, 15) is 22.8 Å². The van der Waals surface area contributed by atoms with Crippen LogP contribution in [0.4, 0.5) is 35.3 Å². The van der Waals surface area contributed by atoms with Crippen LogP contribution >= 0.6 is 0 Å². The van der Waals surface area contributed by atoms with Gasteiger partial charge in [0.05, 0.1) is 24.5 Å². The smallest absolute Gasteiger partial charge is 0.408 e. The second-order valence-corrected chi connectivity index (χ2v) is 10.3. The Morgan fingerprint density at radius 3 is 2.83 bits per heavy atom. The minimum Gasteiger partial charge on any atom is -0.491 e. The maximum Gasteiger partial charge on any atom is 0.408 e. The summed E-state index contributed by atoms with van der Waals surface area (Å²) < 4.78 is 56.0. The number of piperidine rings is 1. The molecule has 2 N–H and O–H groups in total. The SMILES string of the molecule is C[C@@H](NC(=O)c1ncc2c(n1)N(C(=O)Nc1cc(OC[C@H]3COC(C)(C)O3)ccn1)C1CCCN2C1)C(F)(F)F. The molecule has 0 saturated carbocycles. The summed E-state index contributed by atoms with van der Waals surface area (Å²) in [5.74, 6) is -1.42. The van der Waals surface area contributed by atoms with Gasteiger partial charge in [-0.3, -0.25) is 15.0 Å². The maximum absolute atomic E-state index is 13.5. The van der Waals surface area contributed by atoms with Crippen molar-refractivity contribution in [3.8, 4) is 5.75 Å². The van der Waals surface area contributed by atoms with Gasteiger partial charge in [-0.1, -0.05) is 0 Å². The van der Waals surface area contributed by atoms with Crippen molar-refractivity contribution < 1.29 is 37.0 Å². The van der Waals surface area contributed by atoms with Crippen molar-refractivity contribution in [3.63, 3.8) is 0 Å². The molecule has 3 amide bonds. The molecule has 2 aromatic heterocycles. The summed E-state index contributed by atoms with van der Waals surface area (Å²) >= 11 is 0. The summed E-state index contributed by atoms with van der Waals surface area (Å²) in [6.45, 7) is 6.33. The molecule has 12 nitrogen and oxygen atoms in total. The topological polar surface area (TPSA) is 131 Å². The first kappa shape index (κ1) is 27.8. The van der Waals surface area contributed by atoms with Crippen LogP contribution < -0.4 is 25.2 Å². The Hall–Kier alpha value is -3.72. The Labute approximate surface area is 228 Å². The molecular formula is C25H30F3N7O5. The maximum atomic E-state index is 13.5. The minimum absolute atomic E-state index is 0.140. The summed E-state index contributed by atoms with van der Waals surface area (Å²) in [5, 5.41) is 4.61. The third kappa shape index (κ3) is 6.04. The normalized spacial score (nSPS) is 22.4. The average Bonchev–Trinajstić information content (AvgIpc) is 3.25. The Kier molecular flexibility index (Phi) is 7.44. The summed E-state index contributed by atoms with van der Waals surface area (Å²) in [7, 11) is 0. The lowest BCUT2D eigenvalue weighted by Gasteiger charge is -2.45. The van der Waals surface area contributed by atoms with Crippen LogP contribution in [0.3, 0.4) is 0 Å². The van der Waals surface area contributed by atoms with Crippen LogP contribution in [0, 0.1) is 0 Å². The molecule has 15 heteroatoms. The molecule has 3 atom stereocenters. The Morgan fingerprint density at radius 2 is 2.10 bits per heavy atom. The third-order valence-corrected chi connectivity index (χ3v) is 6.81. The Morgan fingerprint density at radius 1 is 1.30 bits per heavy atom. The van der Waals surface area contributed by atoms with E-state index in [0.717, 1.165) is 13.3 Å². The van der Waals surface area contributed by atoms with Crippen LogP contribution in [0.25, 0.3) is 0 Å². The highest BCUT2D eigenvalue weighted by molar-refractivity contribution is 6.04. The first-order valence-corrected chi connectivity index (χ1v) is 12.9. The number of amides is 3. The van der Waals surface area contributed by atoms with Gasteiger partial charge in [-0.25, -0.2) is 19.7 Å². The van der Waals surface area contributed by atoms with Crippen molar-refractivity contribution in [2.24, 2.45) is 0 Å². The number of rotatable bonds is 6. The predicted octanol–water partition coefficient (Wildman–Crippen LogP) is 3.10. The van der Waals surface area contributed by atoms with Crippen LogP contribution in [0.15, 0.2) is 24.5 Å². The zero-order chi connectivity index (χ0) is 28.7. The van der Waals surface area contributed by atoms with E-state index in [1.807, 2.05) is 24.1 Å². The van der Waals surface area contributed by atoms with Crippen LogP contribution in [0.1, 0.15) is 44.2 Å². The summed E-state index contributed by atoms with van der Waals surface area (Å²) in [4.78, 5) is 41.9. The number of aromatic nitrogens is 3.